The Morgan fingerprint density at radius 2 is 1.68 bits per heavy atom. The normalized spacial score (nSPS) is 22.1. The molecule has 4 rings (SSSR count). The van der Waals surface area contributed by atoms with Crippen LogP contribution in [0.2, 0.25) is 0 Å². The maximum atomic E-state index is 12.6. The Kier molecular flexibility index (Phi) is 4.14. The van der Waals surface area contributed by atoms with Crippen molar-refractivity contribution < 1.29 is 9.59 Å². The molecule has 1 heterocycles. The molecular formula is C21H16BrNO2. The highest BCUT2D eigenvalue weighted by Crippen LogP contribution is 2.37. The Hall–Kier alpha value is -2.46. The van der Waals surface area contributed by atoms with Crippen molar-refractivity contribution in [2.24, 2.45) is 5.92 Å². The molecule has 25 heavy (non-hydrogen) atoms. The summed E-state index contributed by atoms with van der Waals surface area (Å²) in [6.07, 6.45) is 5.67. The predicted octanol–water partition coefficient (Wildman–Crippen LogP) is 4.10. The van der Waals surface area contributed by atoms with Gasteiger partial charge in [0.05, 0.1) is 12.5 Å². The lowest BCUT2D eigenvalue weighted by atomic mass is 9.95. The smallest absolute Gasteiger partial charge is 0.295 e. The summed E-state index contributed by atoms with van der Waals surface area (Å²) in [6.45, 7) is 0.394. The van der Waals surface area contributed by atoms with Gasteiger partial charge >= 0.3 is 0 Å². The summed E-state index contributed by atoms with van der Waals surface area (Å²) < 4.78 is 0. The van der Waals surface area contributed by atoms with E-state index in [2.05, 4.69) is 28.1 Å². The lowest BCUT2D eigenvalue weighted by molar-refractivity contribution is -0.140. The Morgan fingerprint density at radius 1 is 0.960 bits per heavy atom. The number of allylic oxidation sites excluding steroid dienone is 4. The van der Waals surface area contributed by atoms with Gasteiger partial charge in [0.25, 0.3) is 5.91 Å². The van der Waals surface area contributed by atoms with E-state index in [9.17, 15) is 9.59 Å². The van der Waals surface area contributed by atoms with E-state index in [1.807, 2.05) is 60.7 Å². The lowest BCUT2D eigenvalue weighted by Gasteiger charge is -2.23. The van der Waals surface area contributed by atoms with Gasteiger partial charge in [-0.25, -0.2) is 0 Å². The number of benzene rings is 2. The lowest BCUT2D eigenvalue weighted by Crippen LogP contribution is -2.26. The van der Waals surface area contributed by atoms with Gasteiger partial charge in [0.2, 0.25) is 5.78 Å². The zero-order chi connectivity index (χ0) is 17.4. The molecule has 2 unspecified atom stereocenters. The van der Waals surface area contributed by atoms with Crippen molar-refractivity contribution in [2.75, 3.05) is 0 Å². The van der Waals surface area contributed by atoms with E-state index in [0.717, 1.165) is 22.4 Å². The molecular weight excluding hydrogens is 378 g/mol. The Morgan fingerprint density at radius 3 is 2.48 bits per heavy atom. The molecule has 0 radical (unpaired) electrons. The molecule has 2 aliphatic rings. The number of ketones is 1. The molecule has 2 aromatic rings. The van der Waals surface area contributed by atoms with Crippen molar-refractivity contribution in [1.82, 2.24) is 4.90 Å². The minimum absolute atomic E-state index is 0.127. The zero-order valence-electron chi connectivity index (χ0n) is 13.4. The number of carbonyl (C=O) groups is 2. The minimum Gasteiger partial charge on any atom is -0.304 e. The second-order valence-electron chi connectivity index (χ2n) is 6.18. The van der Waals surface area contributed by atoms with Crippen molar-refractivity contribution in [2.45, 2.75) is 11.4 Å². The fraction of sp³-hybridized carbons (Fsp3) is 0.143. The molecule has 1 aliphatic carbocycles. The molecule has 124 valence electrons. The van der Waals surface area contributed by atoms with E-state index in [1.165, 1.54) is 0 Å². The number of amides is 1. The van der Waals surface area contributed by atoms with Crippen LogP contribution in [0.5, 0.6) is 0 Å². The third-order valence-corrected chi connectivity index (χ3v) is 5.51. The number of hydrogen-bond donors (Lipinski definition) is 0. The van der Waals surface area contributed by atoms with Crippen molar-refractivity contribution in [3.8, 4) is 11.1 Å². The van der Waals surface area contributed by atoms with Crippen molar-refractivity contribution in [1.29, 1.82) is 0 Å². The summed E-state index contributed by atoms with van der Waals surface area (Å²) in [4.78, 5) is 26.5. The van der Waals surface area contributed by atoms with Gasteiger partial charge in [-0.1, -0.05) is 82.7 Å². The number of alkyl halides is 1. The van der Waals surface area contributed by atoms with Crippen molar-refractivity contribution >= 4 is 27.6 Å². The molecule has 2 atom stereocenters. The van der Waals surface area contributed by atoms with Gasteiger partial charge in [-0.15, -0.1) is 0 Å². The Labute approximate surface area is 154 Å². The van der Waals surface area contributed by atoms with Crippen LogP contribution in [0.15, 0.2) is 78.5 Å². The third kappa shape index (κ3) is 2.76. The number of rotatable bonds is 3. The van der Waals surface area contributed by atoms with Crippen LogP contribution in [0.1, 0.15) is 5.56 Å². The molecule has 1 fully saturated rings. The summed E-state index contributed by atoms with van der Waals surface area (Å²) in [5.41, 5.74) is 3.98. The van der Waals surface area contributed by atoms with Gasteiger partial charge in [0.15, 0.2) is 0 Å². The molecule has 0 saturated carbocycles. The highest BCUT2D eigenvalue weighted by Gasteiger charge is 2.46. The average Bonchev–Trinajstić information content (AvgIpc) is 2.89. The minimum atomic E-state index is -0.424. The highest BCUT2D eigenvalue weighted by molar-refractivity contribution is 9.09. The van der Waals surface area contributed by atoms with Crippen LogP contribution in [-0.4, -0.2) is 21.4 Å². The first-order chi connectivity index (χ1) is 12.2. The van der Waals surface area contributed by atoms with E-state index < -0.39 is 11.8 Å². The van der Waals surface area contributed by atoms with Crippen LogP contribution >= 0.6 is 15.9 Å². The molecule has 0 bridgehead atoms. The highest BCUT2D eigenvalue weighted by atomic mass is 79.9. The molecule has 0 N–H and O–H groups in total. The topological polar surface area (TPSA) is 37.4 Å². The van der Waals surface area contributed by atoms with Crippen LogP contribution in [0.25, 0.3) is 11.1 Å². The average molecular weight is 394 g/mol. The van der Waals surface area contributed by atoms with Gasteiger partial charge in [-0.2, -0.15) is 0 Å². The maximum absolute atomic E-state index is 12.6. The molecule has 0 aromatic heterocycles. The van der Waals surface area contributed by atoms with E-state index in [4.69, 9.17) is 0 Å². The predicted molar refractivity (Wildman–Crippen MR) is 101 cm³/mol. The summed E-state index contributed by atoms with van der Waals surface area (Å²) in [7, 11) is 0. The first kappa shape index (κ1) is 16.0. The number of halogens is 1. The number of carbonyl (C=O) groups excluding carboxylic acids is 2. The zero-order valence-corrected chi connectivity index (χ0v) is 15.0. The number of likely N-dealkylation sites (tertiary alicyclic amines) is 1. The van der Waals surface area contributed by atoms with E-state index in [1.54, 1.807) is 4.90 Å². The third-order valence-electron chi connectivity index (χ3n) is 4.68. The molecule has 1 saturated heterocycles. The maximum Gasteiger partial charge on any atom is 0.295 e. The van der Waals surface area contributed by atoms with Gasteiger partial charge in [-0.05, 0) is 22.8 Å². The van der Waals surface area contributed by atoms with E-state index in [0.29, 0.717) is 6.54 Å². The fourth-order valence-corrected chi connectivity index (χ4v) is 4.14. The Balaban J connectivity index is 1.72. The van der Waals surface area contributed by atoms with E-state index in [-0.39, 0.29) is 10.6 Å². The fourth-order valence-electron chi connectivity index (χ4n) is 3.45. The van der Waals surface area contributed by atoms with Gasteiger partial charge in [0.1, 0.15) is 0 Å². The second-order valence-corrected chi connectivity index (χ2v) is 7.23. The molecule has 0 spiro atoms. The van der Waals surface area contributed by atoms with Crippen molar-refractivity contribution in [3.63, 3.8) is 0 Å². The summed E-state index contributed by atoms with van der Waals surface area (Å²) >= 11 is 3.50. The molecule has 1 aliphatic heterocycles. The number of fused-ring (bicyclic) bond motifs is 1. The summed E-state index contributed by atoms with van der Waals surface area (Å²) in [5.74, 6) is -1.18. The van der Waals surface area contributed by atoms with Crippen LogP contribution in [0, 0.1) is 5.92 Å². The van der Waals surface area contributed by atoms with E-state index >= 15 is 0 Å². The number of hydrogen-bond acceptors (Lipinski definition) is 2. The van der Waals surface area contributed by atoms with Gasteiger partial charge in [0, 0.05) is 10.5 Å². The van der Waals surface area contributed by atoms with Crippen LogP contribution < -0.4 is 0 Å². The monoisotopic (exact) mass is 393 g/mol. The summed E-state index contributed by atoms with van der Waals surface area (Å²) in [6, 6.07) is 18.1. The SMILES string of the molecule is O=C1C(=O)N(Cc2ccccc2-c2ccccc2)C2=CC=CC(Br)C12. The van der Waals surface area contributed by atoms with Crippen molar-refractivity contribution in [3.05, 3.63) is 84.1 Å². The molecule has 3 nitrogen and oxygen atoms in total. The van der Waals surface area contributed by atoms with Crippen LogP contribution in [-0.2, 0) is 16.1 Å². The van der Waals surface area contributed by atoms with Crippen LogP contribution in [0.3, 0.4) is 0 Å². The largest absolute Gasteiger partial charge is 0.304 e. The quantitative estimate of drug-likeness (QED) is 0.581. The molecule has 1 amide bonds. The Bertz CT molecular complexity index is 901. The number of nitrogens with zero attached hydrogens (tertiary/aromatic N) is 1. The van der Waals surface area contributed by atoms with Gasteiger partial charge < -0.3 is 4.90 Å². The van der Waals surface area contributed by atoms with Gasteiger partial charge in [-0.3, -0.25) is 9.59 Å². The second kappa shape index (κ2) is 6.45. The van der Waals surface area contributed by atoms with Crippen LogP contribution in [0.4, 0.5) is 0 Å². The summed E-state index contributed by atoms with van der Waals surface area (Å²) in [5, 5.41) is 0. The first-order valence-electron chi connectivity index (χ1n) is 8.18. The standard InChI is InChI=1S/C21H16BrNO2/c22-17-11-6-12-18-19(17)20(24)21(25)23(18)13-15-9-4-5-10-16(15)14-7-2-1-3-8-14/h1-12,17,19H,13H2. The molecule has 4 heteroatoms. The first-order valence-corrected chi connectivity index (χ1v) is 9.10. The molecule has 2 aromatic carbocycles. The number of Topliss-reactive ketones (excluding diaryl/α,β-unsaturated/α-hetero) is 1.